The molecule has 0 unspecified atom stereocenters. The molecule has 7 heteroatoms. The number of benzene rings is 1. The molecule has 0 fully saturated rings. The summed E-state index contributed by atoms with van der Waals surface area (Å²) >= 11 is 5.37. The van der Waals surface area contributed by atoms with Crippen molar-refractivity contribution in [3.05, 3.63) is 33.4 Å². The fourth-order valence-corrected chi connectivity index (χ4v) is 1.49. The van der Waals surface area contributed by atoms with Crippen molar-refractivity contribution in [2.24, 2.45) is 0 Å². The summed E-state index contributed by atoms with van der Waals surface area (Å²) in [6.07, 6.45) is 0. The van der Waals surface area contributed by atoms with E-state index < -0.39 is 22.3 Å². The van der Waals surface area contributed by atoms with E-state index in [-0.39, 0.29) is 16.9 Å². The number of ketones is 1. The number of nitro benzene ring substituents is 1. The quantitative estimate of drug-likeness (QED) is 0.354. The van der Waals surface area contributed by atoms with Crippen LogP contribution in [-0.2, 0) is 0 Å². The number of nitrogens with zero attached hydrogens (tertiary/aromatic N) is 2. The Labute approximate surface area is 102 Å². The first-order chi connectivity index (χ1) is 8.06. The van der Waals surface area contributed by atoms with Gasteiger partial charge in [0.05, 0.1) is 23.5 Å². The molecule has 0 heterocycles. The fourth-order valence-electron chi connectivity index (χ4n) is 1.36. The highest BCUT2D eigenvalue weighted by atomic mass is 35.5. The zero-order valence-corrected chi connectivity index (χ0v) is 9.52. The van der Waals surface area contributed by atoms with Crippen LogP contribution < -0.4 is 4.74 Å². The molecule has 0 radical (unpaired) electrons. The van der Waals surface area contributed by atoms with Gasteiger partial charge in [-0.1, -0.05) is 0 Å². The van der Waals surface area contributed by atoms with Gasteiger partial charge in [0.1, 0.15) is 11.6 Å². The number of nitro groups is 1. The van der Waals surface area contributed by atoms with Crippen molar-refractivity contribution in [1.29, 1.82) is 5.26 Å². The van der Waals surface area contributed by atoms with Gasteiger partial charge in [0.2, 0.25) is 0 Å². The van der Waals surface area contributed by atoms with Crippen LogP contribution in [0, 0.1) is 21.4 Å². The van der Waals surface area contributed by atoms with Crippen LogP contribution in [0.4, 0.5) is 5.69 Å². The maximum atomic E-state index is 11.5. The molecule has 0 N–H and O–H groups in total. The molecule has 0 saturated carbocycles. The molecule has 88 valence electrons. The highest BCUT2D eigenvalue weighted by Gasteiger charge is 2.28. The molecule has 0 saturated heterocycles. The van der Waals surface area contributed by atoms with Gasteiger partial charge in [0.15, 0.2) is 11.5 Å². The number of ether oxygens (including phenoxy) is 1. The summed E-state index contributed by atoms with van der Waals surface area (Å²) in [5.74, 6) is -1.21. The van der Waals surface area contributed by atoms with Gasteiger partial charge in [-0.25, -0.2) is 0 Å². The number of Topliss-reactive ketones (excluding diaryl/α,β-unsaturated/α-hetero) is 1. The summed E-state index contributed by atoms with van der Waals surface area (Å²) in [6, 6.07) is 4.27. The molecule has 1 rings (SSSR count). The average molecular weight is 255 g/mol. The number of methoxy groups -OCH3 is 1. The third kappa shape index (κ3) is 2.34. The molecule has 0 spiro atoms. The van der Waals surface area contributed by atoms with Crippen LogP contribution in [0.1, 0.15) is 15.9 Å². The number of alkyl halides is 1. The lowest BCUT2D eigenvalue weighted by Crippen LogP contribution is -2.09. The normalized spacial score (nSPS) is 9.47. The standard InChI is InChI=1S/C10H7ClN2O4/c1-17-8-3-2-6(5-12)9(7(14)4-11)10(8)13(15)16/h2-3H,4H2,1H3. The molecular formula is C10H7ClN2O4. The Morgan fingerprint density at radius 2 is 2.29 bits per heavy atom. The van der Waals surface area contributed by atoms with E-state index in [1.54, 1.807) is 6.07 Å². The number of hydrogen-bond donors (Lipinski definition) is 0. The van der Waals surface area contributed by atoms with E-state index in [9.17, 15) is 14.9 Å². The Morgan fingerprint density at radius 1 is 1.65 bits per heavy atom. The molecule has 0 atom stereocenters. The van der Waals surface area contributed by atoms with Crippen molar-refractivity contribution < 1.29 is 14.5 Å². The van der Waals surface area contributed by atoms with E-state index in [1.807, 2.05) is 0 Å². The van der Waals surface area contributed by atoms with Crippen molar-refractivity contribution >= 4 is 23.1 Å². The second kappa shape index (κ2) is 5.27. The Morgan fingerprint density at radius 3 is 2.71 bits per heavy atom. The average Bonchev–Trinajstić information content (AvgIpc) is 2.35. The topological polar surface area (TPSA) is 93.2 Å². The summed E-state index contributed by atoms with van der Waals surface area (Å²) in [6.45, 7) is 0. The van der Waals surface area contributed by atoms with Gasteiger partial charge >= 0.3 is 5.69 Å². The molecule has 6 nitrogen and oxygen atoms in total. The molecule has 1 aromatic rings. The van der Waals surface area contributed by atoms with Gasteiger partial charge in [-0.05, 0) is 12.1 Å². The van der Waals surface area contributed by atoms with Gasteiger partial charge in [-0.3, -0.25) is 14.9 Å². The lowest BCUT2D eigenvalue weighted by Gasteiger charge is -2.06. The second-order valence-corrected chi connectivity index (χ2v) is 3.23. The lowest BCUT2D eigenvalue weighted by molar-refractivity contribution is -0.386. The SMILES string of the molecule is COc1ccc(C#N)c(C(=O)CCl)c1[N+](=O)[O-]. The predicted molar refractivity (Wildman–Crippen MR) is 59.4 cm³/mol. The fraction of sp³-hybridized carbons (Fsp3) is 0.200. The molecule has 1 aromatic carbocycles. The van der Waals surface area contributed by atoms with E-state index in [4.69, 9.17) is 21.6 Å². The van der Waals surface area contributed by atoms with Crippen LogP contribution >= 0.6 is 11.6 Å². The molecule has 0 bridgehead atoms. The Hall–Kier alpha value is -2.13. The van der Waals surface area contributed by atoms with Crippen molar-refractivity contribution in [1.82, 2.24) is 0 Å². The van der Waals surface area contributed by atoms with E-state index in [1.165, 1.54) is 19.2 Å². The molecule has 0 amide bonds. The van der Waals surface area contributed by atoms with Crippen molar-refractivity contribution in [2.45, 2.75) is 0 Å². The van der Waals surface area contributed by atoms with Gasteiger partial charge in [0, 0.05) is 0 Å². The molecule has 17 heavy (non-hydrogen) atoms. The Kier molecular flexibility index (Phi) is 4.01. The van der Waals surface area contributed by atoms with Crippen molar-refractivity contribution in [2.75, 3.05) is 13.0 Å². The third-order valence-electron chi connectivity index (χ3n) is 2.06. The smallest absolute Gasteiger partial charge is 0.323 e. The van der Waals surface area contributed by atoms with Gasteiger partial charge in [-0.2, -0.15) is 5.26 Å². The lowest BCUT2D eigenvalue weighted by atomic mass is 10.0. The summed E-state index contributed by atoms with van der Waals surface area (Å²) in [7, 11) is 1.24. The summed E-state index contributed by atoms with van der Waals surface area (Å²) in [4.78, 5) is 21.7. The van der Waals surface area contributed by atoms with Gasteiger partial charge in [0.25, 0.3) is 0 Å². The van der Waals surface area contributed by atoms with E-state index in [0.717, 1.165) is 0 Å². The number of hydrogen-bond acceptors (Lipinski definition) is 5. The number of halogens is 1. The van der Waals surface area contributed by atoms with Crippen molar-refractivity contribution in [3.63, 3.8) is 0 Å². The number of carbonyl (C=O) groups excluding carboxylic acids is 1. The molecule has 0 aliphatic heterocycles. The van der Waals surface area contributed by atoms with E-state index >= 15 is 0 Å². The van der Waals surface area contributed by atoms with Crippen LogP contribution in [0.2, 0.25) is 0 Å². The Balaban J connectivity index is 3.65. The predicted octanol–water partition coefficient (Wildman–Crippen LogP) is 1.90. The minimum absolute atomic E-state index is 0.0810. The second-order valence-electron chi connectivity index (χ2n) is 2.96. The van der Waals surface area contributed by atoms with Crippen molar-refractivity contribution in [3.8, 4) is 11.8 Å². The highest BCUT2D eigenvalue weighted by Crippen LogP contribution is 2.33. The van der Waals surface area contributed by atoms with Crippen LogP contribution in [-0.4, -0.2) is 23.7 Å². The van der Waals surface area contributed by atoms with Crippen LogP contribution in [0.15, 0.2) is 12.1 Å². The first-order valence-corrected chi connectivity index (χ1v) is 4.94. The largest absolute Gasteiger partial charge is 0.490 e. The molecule has 0 aromatic heterocycles. The zero-order chi connectivity index (χ0) is 13.0. The van der Waals surface area contributed by atoms with E-state index in [0.29, 0.717) is 0 Å². The number of nitriles is 1. The minimum atomic E-state index is -0.764. The van der Waals surface area contributed by atoms with Crippen LogP contribution in [0.3, 0.4) is 0 Å². The van der Waals surface area contributed by atoms with Gasteiger partial charge in [-0.15, -0.1) is 11.6 Å². The Bertz CT molecular complexity index is 522. The minimum Gasteiger partial charge on any atom is -0.490 e. The van der Waals surface area contributed by atoms with Gasteiger partial charge < -0.3 is 4.74 Å². The highest BCUT2D eigenvalue weighted by molar-refractivity contribution is 6.31. The summed E-state index contributed by atoms with van der Waals surface area (Å²) in [5, 5.41) is 19.7. The molecule has 0 aliphatic carbocycles. The molecular weight excluding hydrogens is 248 g/mol. The number of rotatable bonds is 4. The first-order valence-electron chi connectivity index (χ1n) is 4.41. The molecule has 0 aliphatic rings. The monoisotopic (exact) mass is 254 g/mol. The first kappa shape index (κ1) is 12.9. The van der Waals surface area contributed by atoms with Crippen LogP contribution in [0.25, 0.3) is 0 Å². The third-order valence-corrected chi connectivity index (χ3v) is 2.31. The maximum Gasteiger partial charge on any atom is 0.323 e. The maximum absolute atomic E-state index is 11.5. The zero-order valence-electron chi connectivity index (χ0n) is 8.77. The summed E-state index contributed by atoms with van der Waals surface area (Å²) < 4.78 is 4.80. The summed E-state index contributed by atoms with van der Waals surface area (Å²) in [5.41, 5.74) is -0.938. The number of carbonyl (C=O) groups is 1. The van der Waals surface area contributed by atoms with E-state index in [2.05, 4.69) is 0 Å². The van der Waals surface area contributed by atoms with Crippen LogP contribution in [0.5, 0.6) is 5.75 Å².